The monoisotopic (exact) mass is 527 g/mol. The largest absolute Gasteiger partial charge is 0.363 e. The SMILES string of the molecule is C=C(C)NC1=C(C)c2ccccc2N(C(=O)c2ccc(N(C)C(=O)c3ccccc3-c3ccccc3)cc2)CC1. The van der Waals surface area contributed by atoms with Crippen LogP contribution in [-0.4, -0.2) is 25.4 Å². The lowest BCUT2D eigenvalue weighted by molar-refractivity contribution is 0.0983. The highest BCUT2D eigenvalue weighted by molar-refractivity contribution is 6.11. The highest BCUT2D eigenvalue weighted by Gasteiger charge is 2.25. The van der Waals surface area contributed by atoms with Gasteiger partial charge in [-0.1, -0.05) is 73.3 Å². The van der Waals surface area contributed by atoms with E-state index in [1.165, 1.54) is 0 Å². The number of rotatable bonds is 6. The van der Waals surface area contributed by atoms with E-state index >= 15 is 0 Å². The van der Waals surface area contributed by atoms with Crippen molar-refractivity contribution in [1.82, 2.24) is 5.32 Å². The molecule has 0 aliphatic carbocycles. The molecule has 1 aliphatic heterocycles. The second-order valence-corrected chi connectivity index (χ2v) is 10.1. The second kappa shape index (κ2) is 11.5. The van der Waals surface area contributed by atoms with E-state index in [-0.39, 0.29) is 11.8 Å². The van der Waals surface area contributed by atoms with Crippen LogP contribution >= 0.6 is 0 Å². The second-order valence-electron chi connectivity index (χ2n) is 10.1. The van der Waals surface area contributed by atoms with Gasteiger partial charge < -0.3 is 15.1 Å². The first-order chi connectivity index (χ1) is 19.3. The molecule has 4 aromatic carbocycles. The molecule has 5 rings (SSSR count). The van der Waals surface area contributed by atoms with E-state index in [1.54, 1.807) is 24.1 Å². The molecular formula is C35H33N3O2. The maximum Gasteiger partial charge on any atom is 0.258 e. The van der Waals surface area contributed by atoms with Crippen molar-refractivity contribution in [3.8, 4) is 11.1 Å². The Kier molecular flexibility index (Phi) is 7.65. The minimum absolute atomic E-state index is 0.0771. The number of carbonyl (C=O) groups is 2. The summed E-state index contributed by atoms with van der Waals surface area (Å²) in [4.78, 5) is 30.8. The Balaban J connectivity index is 1.39. The van der Waals surface area contributed by atoms with E-state index in [0.29, 0.717) is 29.8 Å². The first kappa shape index (κ1) is 26.7. The average Bonchev–Trinajstić information content (AvgIpc) is 3.12. The topological polar surface area (TPSA) is 52.7 Å². The predicted octanol–water partition coefficient (Wildman–Crippen LogP) is 7.53. The summed E-state index contributed by atoms with van der Waals surface area (Å²) in [7, 11) is 1.76. The Morgan fingerprint density at radius 3 is 2.15 bits per heavy atom. The molecule has 1 aliphatic rings. The Labute approximate surface area is 236 Å². The van der Waals surface area contributed by atoms with Crippen molar-refractivity contribution < 1.29 is 9.59 Å². The van der Waals surface area contributed by atoms with Crippen LogP contribution in [0.5, 0.6) is 0 Å². The molecule has 40 heavy (non-hydrogen) atoms. The van der Waals surface area contributed by atoms with E-state index in [9.17, 15) is 9.59 Å². The summed E-state index contributed by atoms with van der Waals surface area (Å²) in [5.41, 5.74) is 8.74. The van der Waals surface area contributed by atoms with Gasteiger partial charge in [0.05, 0.1) is 5.69 Å². The summed E-state index contributed by atoms with van der Waals surface area (Å²) in [5, 5.41) is 3.38. The number of fused-ring (bicyclic) bond motifs is 1. The van der Waals surface area contributed by atoms with E-state index in [4.69, 9.17) is 0 Å². The average molecular weight is 528 g/mol. The summed E-state index contributed by atoms with van der Waals surface area (Å²) < 4.78 is 0. The third-order valence-corrected chi connectivity index (χ3v) is 7.29. The molecular weight excluding hydrogens is 494 g/mol. The van der Waals surface area contributed by atoms with Gasteiger partial charge in [0.15, 0.2) is 0 Å². The third kappa shape index (κ3) is 5.32. The molecule has 0 atom stereocenters. The van der Waals surface area contributed by atoms with Crippen LogP contribution < -0.4 is 15.1 Å². The number of anilines is 2. The van der Waals surface area contributed by atoms with Crippen LogP contribution in [0, 0.1) is 0 Å². The van der Waals surface area contributed by atoms with Gasteiger partial charge in [0.1, 0.15) is 0 Å². The van der Waals surface area contributed by atoms with Crippen molar-refractivity contribution in [3.63, 3.8) is 0 Å². The number of carbonyl (C=O) groups excluding carboxylic acids is 2. The fraction of sp³-hybridized carbons (Fsp3) is 0.143. The fourth-order valence-corrected chi connectivity index (χ4v) is 5.17. The molecule has 0 unspecified atom stereocenters. The predicted molar refractivity (Wildman–Crippen MR) is 164 cm³/mol. The third-order valence-electron chi connectivity index (χ3n) is 7.29. The normalized spacial score (nSPS) is 12.8. The van der Waals surface area contributed by atoms with Gasteiger partial charge in [0, 0.05) is 53.8 Å². The minimum Gasteiger partial charge on any atom is -0.363 e. The van der Waals surface area contributed by atoms with Crippen molar-refractivity contribution in [1.29, 1.82) is 0 Å². The van der Waals surface area contributed by atoms with Gasteiger partial charge in [-0.3, -0.25) is 9.59 Å². The van der Waals surface area contributed by atoms with E-state index in [2.05, 4.69) is 18.8 Å². The first-order valence-electron chi connectivity index (χ1n) is 13.4. The van der Waals surface area contributed by atoms with Crippen LogP contribution in [0.4, 0.5) is 11.4 Å². The van der Waals surface area contributed by atoms with Crippen LogP contribution in [0.25, 0.3) is 16.7 Å². The Morgan fingerprint density at radius 1 is 0.825 bits per heavy atom. The molecule has 0 fully saturated rings. The van der Waals surface area contributed by atoms with Gasteiger partial charge in [0.2, 0.25) is 0 Å². The number of hydrogen-bond acceptors (Lipinski definition) is 3. The molecule has 0 saturated carbocycles. The van der Waals surface area contributed by atoms with E-state index < -0.39 is 0 Å². The molecule has 4 aromatic rings. The quantitative estimate of drug-likeness (QED) is 0.282. The van der Waals surface area contributed by atoms with Gasteiger partial charge in [-0.25, -0.2) is 0 Å². The van der Waals surface area contributed by atoms with E-state index in [1.807, 2.05) is 103 Å². The lowest BCUT2D eigenvalue weighted by atomic mass is 9.99. The highest BCUT2D eigenvalue weighted by Crippen LogP contribution is 2.34. The molecule has 2 amide bonds. The molecule has 0 saturated heterocycles. The van der Waals surface area contributed by atoms with Crippen LogP contribution in [0.2, 0.25) is 0 Å². The van der Waals surface area contributed by atoms with Crippen molar-refractivity contribution in [2.45, 2.75) is 20.3 Å². The standard InChI is InChI=1S/C35H33N3O2/c1-24(2)36-32-22-23-38(33-17-11-10-14-29(33)25(32)3)34(39)27-18-20-28(21-19-27)37(4)35(40)31-16-9-8-15-30(31)26-12-6-5-7-13-26/h5-21,36H,1,22-23H2,2-4H3. The number of benzene rings is 4. The number of para-hydroxylation sites is 1. The minimum atomic E-state index is -0.112. The van der Waals surface area contributed by atoms with Gasteiger partial charge in [-0.15, -0.1) is 0 Å². The van der Waals surface area contributed by atoms with Crippen LogP contribution in [-0.2, 0) is 0 Å². The van der Waals surface area contributed by atoms with Gasteiger partial charge in [-0.2, -0.15) is 0 Å². The summed E-state index contributed by atoms with van der Waals surface area (Å²) in [6.45, 7) is 8.55. The first-order valence-corrected chi connectivity index (χ1v) is 13.4. The summed E-state index contributed by atoms with van der Waals surface area (Å²) in [5.74, 6) is -0.189. The number of nitrogens with one attached hydrogen (secondary N) is 1. The zero-order chi connectivity index (χ0) is 28.2. The van der Waals surface area contributed by atoms with Crippen molar-refractivity contribution >= 4 is 28.8 Å². The smallest absolute Gasteiger partial charge is 0.258 e. The molecule has 0 bridgehead atoms. The molecule has 5 nitrogen and oxygen atoms in total. The van der Waals surface area contributed by atoms with Gasteiger partial charge in [-0.05, 0) is 66.9 Å². The van der Waals surface area contributed by atoms with Gasteiger partial charge >= 0.3 is 0 Å². The van der Waals surface area contributed by atoms with Crippen LogP contribution in [0.3, 0.4) is 0 Å². The lowest BCUT2D eigenvalue weighted by Gasteiger charge is -2.24. The summed E-state index contributed by atoms with van der Waals surface area (Å²) in [6.07, 6.45) is 0.690. The fourth-order valence-electron chi connectivity index (χ4n) is 5.17. The molecule has 1 heterocycles. The Morgan fingerprint density at radius 2 is 1.45 bits per heavy atom. The number of nitrogens with zero attached hydrogens (tertiary/aromatic N) is 2. The van der Waals surface area contributed by atoms with Crippen LogP contribution in [0.15, 0.2) is 121 Å². The maximum absolute atomic E-state index is 13.8. The van der Waals surface area contributed by atoms with Crippen molar-refractivity contribution in [2.75, 3.05) is 23.4 Å². The molecule has 0 radical (unpaired) electrons. The molecule has 200 valence electrons. The van der Waals surface area contributed by atoms with Crippen LogP contribution in [0.1, 0.15) is 46.5 Å². The highest BCUT2D eigenvalue weighted by atomic mass is 16.2. The molecule has 0 aromatic heterocycles. The molecule has 5 heteroatoms. The molecule has 1 N–H and O–H groups in total. The Hall–Kier alpha value is -4.90. The zero-order valence-electron chi connectivity index (χ0n) is 23.1. The number of allylic oxidation sites excluding steroid dienone is 2. The summed E-state index contributed by atoms with van der Waals surface area (Å²) in [6, 6.07) is 32.8. The number of hydrogen-bond donors (Lipinski definition) is 1. The van der Waals surface area contributed by atoms with Crippen molar-refractivity contribution in [2.24, 2.45) is 0 Å². The maximum atomic E-state index is 13.8. The lowest BCUT2D eigenvalue weighted by Crippen LogP contribution is -2.32. The molecule has 0 spiro atoms. The summed E-state index contributed by atoms with van der Waals surface area (Å²) >= 11 is 0. The van der Waals surface area contributed by atoms with Crippen molar-refractivity contribution in [3.05, 3.63) is 138 Å². The zero-order valence-corrected chi connectivity index (χ0v) is 23.1. The van der Waals surface area contributed by atoms with Gasteiger partial charge in [0.25, 0.3) is 11.8 Å². The number of amides is 2. The Bertz CT molecular complexity index is 1600. The van der Waals surface area contributed by atoms with E-state index in [0.717, 1.165) is 39.3 Å².